The first-order valence-electron chi connectivity index (χ1n) is 9.80. The highest BCUT2D eigenvalue weighted by atomic mass is 35.5. The molecule has 1 unspecified atom stereocenters. The SMILES string of the molecule is C=CCn1c(-c2ccccc2Cl)cn2cc(C(=O)N3CCC(COC)C3)nc2c1=O. The average Bonchev–Trinajstić information content (AvgIpc) is 3.38. The standard InChI is InChI=1S/C22H23ClN4O3/c1-3-9-27-19(16-6-4-5-7-17(16)23)13-26-12-18(24-20(26)22(27)29)21(28)25-10-8-15(11-25)14-30-2/h3-7,12-13,15H,1,8-11,14H2,2H3. The second-order valence-electron chi connectivity index (χ2n) is 7.42. The number of halogens is 1. The van der Waals surface area contributed by atoms with E-state index in [-0.39, 0.29) is 22.8 Å². The van der Waals surface area contributed by atoms with Crippen LogP contribution >= 0.6 is 11.6 Å². The number of fused-ring (bicyclic) bond motifs is 1. The predicted molar refractivity (Wildman–Crippen MR) is 116 cm³/mol. The monoisotopic (exact) mass is 426 g/mol. The van der Waals surface area contributed by atoms with Gasteiger partial charge in [0.25, 0.3) is 11.5 Å². The molecule has 1 saturated heterocycles. The fraction of sp³-hybridized carbons (Fsp3) is 0.318. The van der Waals surface area contributed by atoms with E-state index in [9.17, 15) is 9.59 Å². The number of imidazole rings is 1. The van der Waals surface area contributed by atoms with Gasteiger partial charge in [0, 0.05) is 55.6 Å². The third-order valence-corrected chi connectivity index (χ3v) is 5.71. The molecule has 3 heterocycles. The van der Waals surface area contributed by atoms with Crippen LogP contribution in [0.25, 0.3) is 16.9 Å². The number of methoxy groups -OCH3 is 1. The van der Waals surface area contributed by atoms with Crippen LogP contribution < -0.4 is 5.56 Å². The molecule has 0 radical (unpaired) electrons. The first kappa shape index (κ1) is 20.4. The normalized spacial score (nSPS) is 16.3. The van der Waals surface area contributed by atoms with Crippen molar-refractivity contribution in [3.05, 3.63) is 70.4 Å². The quantitative estimate of drug-likeness (QED) is 0.568. The van der Waals surface area contributed by atoms with Crippen LogP contribution in [0.4, 0.5) is 0 Å². The van der Waals surface area contributed by atoms with Gasteiger partial charge in [-0.1, -0.05) is 35.9 Å². The van der Waals surface area contributed by atoms with Crippen molar-refractivity contribution in [2.24, 2.45) is 5.92 Å². The summed E-state index contributed by atoms with van der Waals surface area (Å²) in [5.74, 6) is 0.152. The van der Waals surface area contributed by atoms with Crippen LogP contribution in [-0.2, 0) is 11.3 Å². The van der Waals surface area contributed by atoms with Gasteiger partial charge in [-0.3, -0.25) is 18.6 Å². The Kier molecular flexibility index (Phi) is 5.74. The number of rotatable bonds is 6. The summed E-state index contributed by atoms with van der Waals surface area (Å²) in [4.78, 5) is 32.3. The number of ether oxygens (including phenoxy) is 1. The van der Waals surface area contributed by atoms with Crippen LogP contribution in [0.15, 0.2) is 54.1 Å². The van der Waals surface area contributed by atoms with Crippen LogP contribution in [0, 0.1) is 5.92 Å². The minimum Gasteiger partial charge on any atom is -0.384 e. The molecule has 1 fully saturated rings. The van der Waals surface area contributed by atoms with Crippen LogP contribution in [0.3, 0.4) is 0 Å². The van der Waals surface area contributed by atoms with Crippen molar-refractivity contribution in [2.75, 3.05) is 26.8 Å². The third-order valence-electron chi connectivity index (χ3n) is 5.38. The highest BCUT2D eigenvalue weighted by Crippen LogP contribution is 2.27. The predicted octanol–water partition coefficient (Wildman–Crippen LogP) is 3.11. The Balaban J connectivity index is 1.77. The molecule has 30 heavy (non-hydrogen) atoms. The molecule has 3 aromatic rings. The fourth-order valence-electron chi connectivity index (χ4n) is 3.93. The van der Waals surface area contributed by atoms with E-state index in [0.717, 1.165) is 12.0 Å². The summed E-state index contributed by atoms with van der Waals surface area (Å²) >= 11 is 6.38. The number of aromatic nitrogens is 3. The Morgan fingerprint density at radius 2 is 2.17 bits per heavy atom. The molecule has 2 aromatic heterocycles. The molecule has 1 aromatic carbocycles. The van der Waals surface area contributed by atoms with E-state index < -0.39 is 0 Å². The second-order valence-corrected chi connectivity index (χ2v) is 7.82. The Bertz CT molecular complexity index is 1170. The number of hydrogen-bond donors (Lipinski definition) is 0. The number of carbonyl (C=O) groups is 1. The van der Waals surface area contributed by atoms with Gasteiger partial charge in [0.2, 0.25) is 5.65 Å². The molecule has 0 saturated carbocycles. The van der Waals surface area contributed by atoms with E-state index in [1.54, 1.807) is 45.5 Å². The highest BCUT2D eigenvalue weighted by molar-refractivity contribution is 6.33. The number of amides is 1. The summed E-state index contributed by atoms with van der Waals surface area (Å²) in [7, 11) is 1.66. The van der Waals surface area contributed by atoms with Crippen LogP contribution in [-0.4, -0.2) is 51.6 Å². The number of likely N-dealkylation sites (tertiary alicyclic amines) is 1. The lowest BCUT2D eigenvalue weighted by Crippen LogP contribution is -2.29. The molecule has 7 nitrogen and oxygen atoms in total. The van der Waals surface area contributed by atoms with Crippen molar-refractivity contribution in [1.82, 2.24) is 18.9 Å². The number of nitrogens with zero attached hydrogens (tertiary/aromatic N) is 4. The Labute approximate surface area is 179 Å². The van der Waals surface area contributed by atoms with Crippen molar-refractivity contribution in [3.63, 3.8) is 0 Å². The maximum Gasteiger partial charge on any atom is 0.295 e. The molecule has 0 bridgehead atoms. The van der Waals surface area contributed by atoms with E-state index in [2.05, 4.69) is 11.6 Å². The third kappa shape index (κ3) is 3.66. The number of carbonyl (C=O) groups excluding carboxylic acids is 1. The molecule has 0 aliphatic carbocycles. The first-order chi connectivity index (χ1) is 14.5. The minimum absolute atomic E-state index is 0.175. The average molecular weight is 427 g/mol. The lowest BCUT2D eigenvalue weighted by atomic mass is 10.1. The highest BCUT2D eigenvalue weighted by Gasteiger charge is 2.28. The first-order valence-corrected chi connectivity index (χ1v) is 10.2. The van der Waals surface area contributed by atoms with Gasteiger partial charge in [0.15, 0.2) is 0 Å². The summed E-state index contributed by atoms with van der Waals surface area (Å²) in [6.07, 6.45) is 5.94. The molecule has 0 N–H and O–H groups in total. The van der Waals surface area contributed by atoms with Gasteiger partial charge < -0.3 is 9.64 Å². The van der Waals surface area contributed by atoms with Crippen molar-refractivity contribution < 1.29 is 9.53 Å². The number of hydrogen-bond acceptors (Lipinski definition) is 4. The summed E-state index contributed by atoms with van der Waals surface area (Å²) in [6, 6.07) is 7.32. The van der Waals surface area contributed by atoms with Gasteiger partial charge in [-0.15, -0.1) is 6.58 Å². The van der Waals surface area contributed by atoms with Crippen LogP contribution in [0.1, 0.15) is 16.9 Å². The molecule has 8 heteroatoms. The van der Waals surface area contributed by atoms with E-state index in [0.29, 0.717) is 42.9 Å². The number of benzene rings is 1. The van der Waals surface area contributed by atoms with Crippen molar-refractivity contribution in [1.29, 1.82) is 0 Å². The maximum absolute atomic E-state index is 13.2. The molecular formula is C22H23ClN4O3. The van der Waals surface area contributed by atoms with Crippen molar-refractivity contribution >= 4 is 23.2 Å². The van der Waals surface area contributed by atoms with E-state index in [1.165, 1.54) is 0 Å². The topological polar surface area (TPSA) is 68.8 Å². The molecule has 156 valence electrons. The molecule has 1 amide bonds. The Morgan fingerprint density at radius 1 is 1.37 bits per heavy atom. The van der Waals surface area contributed by atoms with Crippen LogP contribution in [0.2, 0.25) is 5.02 Å². The summed E-state index contributed by atoms with van der Waals surface area (Å²) < 4.78 is 8.38. The van der Waals surface area contributed by atoms with Gasteiger partial charge in [0.05, 0.1) is 12.3 Å². The molecule has 0 spiro atoms. The van der Waals surface area contributed by atoms with Gasteiger partial charge in [-0.2, -0.15) is 0 Å². The zero-order valence-corrected chi connectivity index (χ0v) is 17.5. The summed E-state index contributed by atoms with van der Waals surface area (Å²) in [5.41, 5.74) is 1.51. The van der Waals surface area contributed by atoms with Crippen molar-refractivity contribution in [2.45, 2.75) is 13.0 Å². The lowest BCUT2D eigenvalue weighted by Gasteiger charge is -2.14. The molecule has 1 aliphatic rings. The van der Waals surface area contributed by atoms with Gasteiger partial charge in [0.1, 0.15) is 5.69 Å². The zero-order valence-electron chi connectivity index (χ0n) is 16.8. The largest absolute Gasteiger partial charge is 0.384 e. The summed E-state index contributed by atoms with van der Waals surface area (Å²) in [6.45, 7) is 5.97. The van der Waals surface area contributed by atoms with Gasteiger partial charge in [-0.05, 0) is 12.5 Å². The van der Waals surface area contributed by atoms with Gasteiger partial charge in [-0.25, -0.2) is 4.98 Å². The Morgan fingerprint density at radius 3 is 2.90 bits per heavy atom. The number of allylic oxidation sites excluding steroid dienone is 1. The molecular weight excluding hydrogens is 404 g/mol. The Hall–Kier alpha value is -2.90. The van der Waals surface area contributed by atoms with E-state index in [4.69, 9.17) is 16.3 Å². The minimum atomic E-state index is -0.301. The molecule has 1 aliphatic heterocycles. The second kappa shape index (κ2) is 8.45. The molecule has 4 rings (SSSR count). The van der Waals surface area contributed by atoms with E-state index >= 15 is 0 Å². The maximum atomic E-state index is 13.2. The zero-order chi connectivity index (χ0) is 21.3. The summed E-state index contributed by atoms with van der Waals surface area (Å²) in [5, 5.41) is 0.534. The van der Waals surface area contributed by atoms with Gasteiger partial charge >= 0.3 is 0 Å². The lowest BCUT2D eigenvalue weighted by molar-refractivity contribution is 0.0770. The smallest absolute Gasteiger partial charge is 0.295 e. The fourth-order valence-corrected chi connectivity index (χ4v) is 4.16. The van der Waals surface area contributed by atoms with Crippen LogP contribution in [0.5, 0.6) is 0 Å². The van der Waals surface area contributed by atoms with Crippen molar-refractivity contribution in [3.8, 4) is 11.3 Å². The van der Waals surface area contributed by atoms with E-state index in [1.807, 2.05) is 18.2 Å². The molecule has 1 atom stereocenters.